The Morgan fingerprint density at radius 3 is 1.75 bits per heavy atom. The molecule has 0 radical (unpaired) electrons. The first kappa shape index (κ1) is 29.4. The van der Waals surface area contributed by atoms with E-state index in [1.54, 1.807) is 43.9 Å². The van der Waals surface area contributed by atoms with Gasteiger partial charge in [-0.1, -0.05) is 12.1 Å². The van der Waals surface area contributed by atoms with Gasteiger partial charge in [-0.05, 0) is 17.7 Å². The van der Waals surface area contributed by atoms with E-state index in [4.69, 9.17) is 10.5 Å². The Morgan fingerprint density at radius 2 is 1.28 bits per heavy atom. The molecule has 1 saturated heterocycles. The predicted molar refractivity (Wildman–Crippen MR) is 130 cm³/mol. The third kappa shape index (κ3) is 10.8. The summed E-state index contributed by atoms with van der Waals surface area (Å²) in [4.78, 5) is 41.6. The van der Waals surface area contributed by atoms with Crippen molar-refractivity contribution >= 4 is 23.6 Å². The zero-order chi connectivity index (χ0) is 26.5. The normalized spacial score (nSPS) is 18.7. The Bertz CT molecular complexity index is 840. The van der Waals surface area contributed by atoms with E-state index >= 15 is 0 Å². The van der Waals surface area contributed by atoms with Gasteiger partial charge in [0.2, 0.25) is 0 Å². The molecular formula is C23H37N5O8. The molecule has 1 aliphatic heterocycles. The van der Waals surface area contributed by atoms with Crippen LogP contribution in [0.3, 0.4) is 0 Å². The Balaban J connectivity index is 2.12. The molecule has 2 rings (SSSR count). The molecule has 1 atom stereocenters. The number of nitrogens with zero attached hydrogens (tertiary/aromatic N) is 4. The Hall–Kier alpha value is -2.81. The lowest BCUT2D eigenvalue weighted by atomic mass is 10.2. The van der Waals surface area contributed by atoms with E-state index in [1.165, 1.54) is 0 Å². The number of hydrogen-bond donors (Lipinski definition) is 5. The van der Waals surface area contributed by atoms with E-state index in [2.05, 4.69) is 0 Å². The molecule has 1 aromatic rings. The van der Waals surface area contributed by atoms with E-state index in [9.17, 15) is 34.8 Å². The van der Waals surface area contributed by atoms with Crippen molar-refractivity contribution in [3.05, 3.63) is 29.8 Å². The van der Waals surface area contributed by atoms with Crippen LogP contribution >= 0.6 is 0 Å². The number of benzene rings is 1. The molecule has 1 aromatic carbocycles. The van der Waals surface area contributed by atoms with Crippen molar-refractivity contribution in [2.24, 2.45) is 0 Å². The van der Waals surface area contributed by atoms with Gasteiger partial charge in [0.15, 0.2) is 0 Å². The van der Waals surface area contributed by atoms with Gasteiger partial charge in [0.25, 0.3) is 0 Å². The van der Waals surface area contributed by atoms with E-state index in [1.807, 2.05) is 0 Å². The van der Waals surface area contributed by atoms with Crippen molar-refractivity contribution in [3.8, 4) is 0 Å². The van der Waals surface area contributed by atoms with Crippen LogP contribution in [0.5, 0.6) is 0 Å². The lowest BCUT2D eigenvalue weighted by Gasteiger charge is -2.35. The summed E-state index contributed by atoms with van der Waals surface area (Å²) < 4.78 is 5.71. The van der Waals surface area contributed by atoms with Crippen LogP contribution in [0.25, 0.3) is 0 Å². The van der Waals surface area contributed by atoms with Gasteiger partial charge in [0.1, 0.15) is 6.04 Å². The summed E-state index contributed by atoms with van der Waals surface area (Å²) in [7, 11) is 0. The molecule has 0 aromatic heterocycles. The Morgan fingerprint density at radius 1 is 0.806 bits per heavy atom. The number of nitrogen functional groups attached to an aromatic ring is 1. The smallest absolute Gasteiger partial charge is 0.323 e. The number of ether oxygens (including phenoxy) is 1. The zero-order valence-corrected chi connectivity index (χ0v) is 20.4. The number of carboxylic acids is 3. The maximum atomic E-state index is 12.1. The summed E-state index contributed by atoms with van der Waals surface area (Å²) in [6.45, 7) is 1.97. The third-order valence-electron chi connectivity index (χ3n) is 6.04. The van der Waals surface area contributed by atoms with Crippen LogP contribution in [-0.2, 0) is 25.7 Å². The molecule has 13 heteroatoms. The SMILES string of the molecule is Nc1ccc(COCC(C(=O)O)N2CCN(CO)CCN(CC(=O)O)CCN(CC(=O)O)CC2)cc1. The molecule has 1 aliphatic rings. The maximum Gasteiger partial charge on any atom is 0.323 e. The van der Waals surface area contributed by atoms with Crippen molar-refractivity contribution in [1.29, 1.82) is 0 Å². The molecule has 36 heavy (non-hydrogen) atoms. The number of nitrogens with two attached hydrogens (primary N) is 1. The van der Waals surface area contributed by atoms with Gasteiger partial charge in [-0.15, -0.1) is 0 Å². The molecule has 0 aliphatic carbocycles. The van der Waals surface area contributed by atoms with E-state index in [0.29, 0.717) is 45.0 Å². The van der Waals surface area contributed by atoms with Crippen LogP contribution in [0.1, 0.15) is 5.56 Å². The molecule has 6 N–H and O–H groups in total. The minimum absolute atomic E-state index is 0.0792. The number of aliphatic carboxylic acids is 3. The molecular weight excluding hydrogens is 474 g/mol. The van der Waals surface area contributed by atoms with Crippen LogP contribution < -0.4 is 5.73 Å². The molecule has 202 valence electrons. The second kappa shape index (κ2) is 15.3. The number of anilines is 1. The summed E-state index contributed by atoms with van der Waals surface area (Å²) in [5.74, 6) is -3.07. The summed E-state index contributed by atoms with van der Waals surface area (Å²) >= 11 is 0. The fraction of sp³-hybridized carbons (Fsp3) is 0.609. The van der Waals surface area contributed by atoms with Gasteiger partial charge in [-0.2, -0.15) is 0 Å². The monoisotopic (exact) mass is 511 g/mol. The van der Waals surface area contributed by atoms with Gasteiger partial charge in [0, 0.05) is 58.0 Å². The number of carboxylic acid groups (broad SMARTS) is 3. The summed E-state index contributed by atoms with van der Waals surface area (Å²) in [6.07, 6.45) is 0. The second-order valence-electron chi connectivity index (χ2n) is 8.75. The molecule has 1 unspecified atom stereocenters. The Labute approximate surface area is 210 Å². The minimum Gasteiger partial charge on any atom is -0.480 e. The molecule has 0 bridgehead atoms. The summed E-state index contributed by atoms with van der Waals surface area (Å²) in [6, 6.07) is 6.11. The number of aliphatic hydroxyl groups excluding tert-OH is 1. The highest BCUT2D eigenvalue weighted by atomic mass is 16.5. The summed E-state index contributed by atoms with van der Waals surface area (Å²) in [5.41, 5.74) is 7.16. The predicted octanol–water partition coefficient (Wildman–Crippen LogP) is -1.42. The lowest BCUT2D eigenvalue weighted by Crippen LogP contribution is -2.52. The van der Waals surface area contributed by atoms with Crippen molar-refractivity contribution < 1.29 is 39.5 Å². The highest BCUT2D eigenvalue weighted by Crippen LogP contribution is 2.10. The number of hydrogen-bond acceptors (Lipinski definition) is 10. The van der Waals surface area contributed by atoms with Crippen molar-refractivity contribution in [3.63, 3.8) is 0 Å². The first-order valence-corrected chi connectivity index (χ1v) is 11.8. The van der Waals surface area contributed by atoms with Crippen LogP contribution in [0, 0.1) is 0 Å². The van der Waals surface area contributed by atoms with Crippen molar-refractivity contribution in [1.82, 2.24) is 19.6 Å². The molecule has 0 saturated carbocycles. The first-order valence-electron chi connectivity index (χ1n) is 11.8. The van der Waals surface area contributed by atoms with Gasteiger partial charge in [-0.25, -0.2) is 0 Å². The Kier molecular flexibility index (Phi) is 12.5. The van der Waals surface area contributed by atoms with E-state index in [0.717, 1.165) is 5.56 Å². The number of aliphatic hydroxyl groups is 1. The molecule has 0 amide bonds. The topological polar surface area (TPSA) is 180 Å². The van der Waals surface area contributed by atoms with E-state index < -0.39 is 23.9 Å². The summed E-state index contributed by atoms with van der Waals surface area (Å²) in [5, 5.41) is 38.2. The molecule has 1 fully saturated rings. The third-order valence-corrected chi connectivity index (χ3v) is 6.04. The molecule has 13 nitrogen and oxygen atoms in total. The van der Waals surface area contributed by atoms with Gasteiger partial charge >= 0.3 is 17.9 Å². The molecule has 1 heterocycles. The van der Waals surface area contributed by atoms with Crippen LogP contribution in [0.4, 0.5) is 5.69 Å². The standard InChI is InChI=1S/C23H37N5O8/c24-19-3-1-18(2-4-19)15-36-16-20(23(34)35)28-11-9-26(14-22(32)33)6-5-25(13-21(30)31)7-8-27(17-29)10-12-28/h1-4,20,29H,5-17,24H2,(H,30,31)(H,32,33)(H,34,35). The number of rotatable bonds is 11. The van der Waals surface area contributed by atoms with Crippen molar-refractivity contribution in [2.45, 2.75) is 12.6 Å². The highest BCUT2D eigenvalue weighted by molar-refractivity contribution is 5.73. The maximum absolute atomic E-state index is 12.1. The number of carbonyl (C=O) groups is 3. The quantitative estimate of drug-likeness (QED) is 0.219. The largest absolute Gasteiger partial charge is 0.480 e. The first-order chi connectivity index (χ1) is 17.2. The highest BCUT2D eigenvalue weighted by Gasteiger charge is 2.28. The van der Waals surface area contributed by atoms with Crippen LogP contribution in [0.15, 0.2) is 24.3 Å². The minimum atomic E-state index is -1.06. The average molecular weight is 512 g/mol. The zero-order valence-electron chi connectivity index (χ0n) is 20.4. The van der Waals surface area contributed by atoms with Gasteiger partial charge in [-0.3, -0.25) is 34.0 Å². The van der Waals surface area contributed by atoms with Gasteiger partial charge in [0.05, 0.1) is 33.0 Å². The fourth-order valence-corrected chi connectivity index (χ4v) is 3.94. The van der Waals surface area contributed by atoms with Gasteiger partial charge < -0.3 is 30.9 Å². The van der Waals surface area contributed by atoms with Crippen LogP contribution in [0.2, 0.25) is 0 Å². The second-order valence-corrected chi connectivity index (χ2v) is 8.75. The molecule has 0 spiro atoms. The average Bonchev–Trinajstić information content (AvgIpc) is 2.81. The van der Waals surface area contributed by atoms with Crippen molar-refractivity contribution in [2.75, 3.05) is 84.5 Å². The fourth-order valence-electron chi connectivity index (χ4n) is 3.94. The van der Waals surface area contributed by atoms with Crippen LogP contribution in [-0.4, -0.2) is 143 Å². The van der Waals surface area contributed by atoms with E-state index in [-0.39, 0.29) is 46.1 Å². The lowest BCUT2D eigenvalue weighted by molar-refractivity contribution is -0.147.